The van der Waals surface area contributed by atoms with Gasteiger partial charge in [0.25, 0.3) is 0 Å². The third-order valence-electron chi connectivity index (χ3n) is 4.28. The summed E-state index contributed by atoms with van der Waals surface area (Å²) in [5, 5.41) is 14.2. The number of carbonyl (C=O) groups excluding carboxylic acids is 1. The van der Waals surface area contributed by atoms with Gasteiger partial charge in [-0.2, -0.15) is 0 Å². The number of sulfonamides is 1. The highest BCUT2D eigenvalue weighted by Gasteiger charge is 2.15. The maximum absolute atomic E-state index is 12.5. The standard InChI is InChI=1S/C22H22N4O3S3/c1-15(21(27)24-17-9-13-20(14-10-17)32(23,28)29)31-19-11-7-18(8-12-19)26-22(30)25-16-5-3-2-4-6-16/h2-15H,1H3,(H,24,27)(H2,23,28,29)(H2,25,26,30)/t15-/m1/s1. The van der Waals surface area contributed by atoms with Gasteiger partial charge in [0, 0.05) is 22.0 Å². The molecule has 0 heterocycles. The Labute approximate surface area is 196 Å². The molecule has 0 radical (unpaired) electrons. The molecule has 1 atom stereocenters. The Hall–Kier alpha value is -2.92. The Kier molecular flexibility index (Phi) is 7.86. The number of thioether (sulfide) groups is 1. The van der Waals surface area contributed by atoms with E-state index in [2.05, 4.69) is 16.0 Å². The molecule has 0 aliphatic heterocycles. The molecule has 0 bridgehead atoms. The first-order valence-electron chi connectivity index (χ1n) is 9.54. The lowest BCUT2D eigenvalue weighted by molar-refractivity contribution is -0.115. The SMILES string of the molecule is C[C@@H](Sc1ccc(NC(=S)Nc2ccccc2)cc1)C(=O)Nc1ccc(S(N)(=O)=O)cc1. The van der Waals surface area contributed by atoms with E-state index in [1.54, 1.807) is 6.92 Å². The summed E-state index contributed by atoms with van der Waals surface area (Å²) in [6.07, 6.45) is 0. The van der Waals surface area contributed by atoms with E-state index in [1.165, 1.54) is 36.0 Å². The van der Waals surface area contributed by atoms with Gasteiger partial charge in [0.2, 0.25) is 15.9 Å². The zero-order valence-corrected chi connectivity index (χ0v) is 19.6. The molecule has 7 nitrogen and oxygen atoms in total. The largest absolute Gasteiger partial charge is 0.332 e. The van der Waals surface area contributed by atoms with Crippen LogP contribution in [0.4, 0.5) is 17.1 Å². The molecule has 0 aromatic heterocycles. The summed E-state index contributed by atoms with van der Waals surface area (Å²) in [5.74, 6) is -0.200. The lowest BCUT2D eigenvalue weighted by atomic mass is 10.3. The van der Waals surface area contributed by atoms with E-state index in [4.69, 9.17) is 17.4 Å². The minimum absolute atomic E-state index is 0.00919. The van der Waals surface area contributed by atoms with Gasteiger partial charge in [0.05, 0.1) is 10.1 Å². The van der Waals surface area contributed by atoms with Crippen molar-refractivity contribution < 1.29 is 13.2 Å². The van der Waals surface area contributed by atoms with Crippen molar-refractivity contribution >= 4 is 62.1 Å². The summed E-state index contributed by atoms with van der Waals surface area (Å²) in [4.78, 5) is 13.4. The molecule has 3 rings (SSSR count). The Morgan fingerprint density at radius 3 is 1.91 bits per heavy atom. The van der Waals surface area contributed by atoms with Crippen molar-refractivity contribution in [3.8, 4) is 0 Å². The van der Waals surface area contributed by atoms with Crippen molar-refractivity contribution in [3.05, 3.63) is 78.9 Å². The molecule has 0 fully saturated rings. The van der Waals surface area contributed by atoms with E-state index in [9.17, 15) is 13.2 Å². The van der Waals surface area contributed by atoms with Crippen LogP contribution in [-0.2, 0) is 14.8 Å². The van der Waals surface area contributed by atoms with Gasteiger partial charge in [-0.1, -0.05) is 18.2 Å². The van der Waals surface area contributed by atoms with Gasteiger partial charge in [-0.3, -0.25) is 4.79 Å². The first-order valence-corrected chi connectivity index (χ1v) is 12.4. The van der Waals surface area contributed by atoms with Gasteiger partial charge in [-0.25, -0.2) is 13.6 Å². The van der Waals surface area contributed by atoms with Gasteiger partial charge in [0.1, 0.15) is 0 Å². The molecule has 166 valence electrons. The lowest BCUT2D eigenvalue weighted by Gasteiger charge is -2.13. The highest BCUT2D eigenvalue weighted by atomic mass is 32.2. The van der Waals surface area contributed by atoms with Crippen molar-refractivity contribution in [2.45, 2.75) is 22.0 Å². The zero-order valence-electron chi connectivity index (χ0n) is 17.1. The van der Waals surface area contributed by atoms with Crippen molar-refractivity contribution in [2.24, 2.45) is 5.14 Å². The lowest BCUT2D eigenvalue weighted by Crippen LogP contribution is -2.22. The average Bonchev–Trinajstić information content (AvgIpc) is 2.75. The second-order valence-electron chi connectivity index (χ2n) is 6.79. The van der Waals surface area contributed by atoms with Crippen LogP contribution in [-0.4, -0.2) is 24.7 Å². The predicted octanol–water partition coefficient (Wildman–Crippen LogP) is 4.26. The fraction of sp³-hybridized carbons (Fsp3) is 0.0909. The molecule has 32 heavy (non-hydrogen) atoms. The second kappa shape index (κ2) is 10.6. The molecule has 3 aromatic carbocycles. The summed E-state index contributed by atoms with van der Waals surface area (Å²) in [6.45, 7) is 1.80. The van der Waals surface area contributed by atoms with Crippen LogP contribution in [0.2, 0.25) is 0 Å². The highest BCUT2D eigenvalue weighted by molar-refractivity contribution is 8.00. The summed E-state index contributed by atoms with van der Waals surface area (Å²) >= 11 is 6.73. The van der Waals surface area contributed by atoms with Crippen LogP contribution in [0.5, 0.6) is 0 Å². The molecule has 10 heteroatoms. The second-order valence-corrected chi connectivity index (χ2v) is 10.2. The van der Waals surface area contributed by atoms with E-state index in [0.717, 1.165) is 16.3 Å². The number of carbonyl (C=O) groups is 1. The molecule has 0 aliphatic rings. The Bertz CT molecular complexity index is 1180. The first-order chi connectivity index (χ1) is 15.2. The van der Waals surface area contributed by atoms with Crippen molar-refractivity contribution in [3.63, 3.8) is 0 Å². The molecule has 0 saturated heterocycles. The van der Waals surface area contributed by atoms with Crippen LogP contribution in [0.15, 0.2) is 88.7 Å². The van der Waals surface area contributed by atoms with E-state index in [0.29, 0.717) is 10.8 Å². The number of para-hydroxylation sites is 1. The number of nitrogens with one attached hydrogen (secondary N) is 3. The summed E-state index contributed by atoms with van der Waals surface area (Å²) in [6, 6.07) is 22.9. The maximum atomic E-state index is 12.5. The number of anilines is 3. The van der Waals surface area contributed by atoms with E-state index in [1.807, 2.05) is 54.6 Å². The van der Waals surface area contributed by atoms with Gasteiger partial charge in [0.15, 0.2) is 5.11 Å². The van der Waals surface area contributed by atoms with Gasteiger partial charge in [-0.15, -0.1) is 11.8 Å². The molecule has 5 N–H and O–H groups in total. The van der Waals surface area contributed by atoms with Crippen molar-refractivity contribution in [1.29, 1.82) is 0 Å². The van der Waals surface area contributed by atoms with Crippen LogP contribution >= 0.6 is 24.0 Å². The van der Waals surface area contributed by atoms with Crippen LogP contribution in [0.3, 0.4) is 0 Å². The van der Waals surface area contributed by atoms with E-state index >= 15 is 0 Å². The van der Waals surface area contributed by atoms with Gasteiger partial charge < -0.3 is 16.0 Å². The van der Waals surface area contributed by atoms with Crippen molar-refractivity contribution in [1.82, 2.24) is 0 Å². The first kappa shape index (κ1) is 23.7. The molecule has 3 aromatic rings. The number of hydrogen-bond acceptors (Lipinski definition) is 5. The number of thiocarbonyl (C=S) groups is 1. The number of primary sulfonamides is 1. The van der Waals surface area contributed by atoms with Gasteiger partial charge in [-0.05, 0) is 79.8 Å². The molecular weight excluding hydrogens is 464 g/mol. The fourth-order valence-electron chi connectivity index (χ4n) is 2.66. The minimum Gasteiger partial charge on any atom is -0.332 e. The van der Waals surface area contributed by atoms with Crippen LogP contribution < -0.4 is 21.1 Å². The Balaban J connectivity index is 1.51. The fourth-order valence-corrected chi connectivity index (χ4v) is 4.28. The number of benzene rings is 3. The predicted molar refractivity (Wildman–Crippen MR) is 134 cm³/mol. The summed E-state index contributed by atoms with van der Waals surface area (Å²) in [7, 11) is -3.77. The molecule has 0 unspecified atom stereocenters. The maximum Gasteiger partial charge on any atom is 0.238 e. The van der Waals surface area contributed by atoms with E-state index < -0.39 is 10.0 Å². The number of nitrogens with two attached hydrogens (primary N) is 1. The third-order valence-corrected chi connectivity index (χ3v) is 6.52. The topological polar surface area (TPSA) is 113 Å². The Morgan fingerprint density at radius 1 is 0.844 bits per heavy atom. The molecule has 1 amide bonds. The average molecular weight is 487 g/mol. The summed E-state index contributed by atoms with van der Waals surface area (Å²) in [5.41, 5.74) is 2.22. The molecule has 0 aliphatic carbocycles. The molecular formula is C22H22N4O3S3. The zero-order chi connectivity index (χ0) is 23.1. The monoisotopic (exact) mass is 486 g/mol. The van der Waals surface area contributed by atoms with Crippen LogP contribution in [0.1, 0.15) is 6.92 Å². The number of hydrogen-bond donors (Lipinski definition) is 4. The highest BCUT2D eigenvalue weighted by Crippen LogP contribution is 2.26. The van der Waals surface area contributed by atoms with Crippen LogP contribution in [0.25, 0.3) is 0 Å². The molecule has 0 spiro atoms. The smallest absolute Gasteiger partial charge is 0.238 e. The summed E-state index contributed by atoms with van der Waals surface area (Å²) < 4.78 is 22.6. The minimum atomic E-state index is -3.77. The van der Waals surface area contributed by atoms with Gasteiger partial charge >= 0.3 is 0 Å². The normalized spacial score (nSPS) is 11.9. The third kappa shape index (κ3) is 7.06. The quantitative estimate of drug-likeness (QED) is 0.291. The Morgan fingerprint density at radius 2 is 1.34 bits per heavy atom. The van der Waals surface area contributed by atoms with Crippen LogP contribution in [0, 0.1) is 0 Å². The number of amides is 1. The van der Waals surface area contributed by atoms with E-state index in [-0.39, 0.29) is 16.1 Å². The van der Waals surface area contributed by atoms with Crippen molar-refractivity contribution in [2.75, 3.05) is 16.0 Å². The molecule has 0 saturated carbocycles. The number of rotatable bonds is 7.